The van der Waals surface area contributed by atoms with E-state index in [0.717, 1.165) is 18.6 Å². The second kappa shape index (κ2) is 6.49. The summed E-state index contributed by atoms with van der Waals surface area (Å²) in [7, 11) is 0. The number of amides is 2. The summed E-state index contributed by atoms with van der Waals surface area (Å²) in [6.45, 7) is 6.79. The summed E-state index contributed by atoms with van der Waals surface area (Å²) in [5.41, 5.74) is 1.88. The second-order valence-corrected chi connectivity index (χ2v) is 7.93. The van der Waals surface area contributed by atoms with E-state index < -0.39 is 0 Å². The summed E-state index contributed by atoms with van der Waals surface area (Å²) >= 11 is 0. The van der Waals surface area contributed by atoms with Crippen LogP contribution in [0, 0.1) is 18.3 Å². The largest absolute Gasteiger partial charge is 0.377 e. The number of aryl methyl sites for hydroxylation is 1. The minimum Gasteiger partial charge on any atom is -0.377 e. The monoisotopic (exact) mass is 368 g/mol. The third kappa shape index (κ3) is 3.23. The summed E-state index contributed by atoms with van der Waals surface area (Å²) in [6, 6.07) is 8.65. The van der Waals surface area contributed by atoms with Crippen molar-refractivity contribution in [3.8, 4) is 11.3 Å². The fourth-order valence-electron chi connectivity index (χ4n) is 4.38. The minimum atomic E-state index is -0.212. The van der Waals surface area contributed by atoms with E-state index in [0.29, 0.717) is 23.1 Å². The number of ether oxygens (including phenoxy) is 1. The Balaban J connectivity index is 1.41. The Morgan fingerprint density at radius 2 is 2.04 bits per heavy atom. The summed E-state index contributed by atoms with van der Waals surface area (Å²) in [4.78, 5) is 31.0. The molecular weight excluding hydrogens is 344 g/mol. The van der Waals surface area contributed by atoms with Crippen LogP contribution < -0.4 is 16.2 Å². The van der Waals surface area contributed by atoms with Crippen molar-refractivity contribution in [2.45, 2.75) is 39.3 Å². The van der Waals surface area contributed by atoms with Crippen molar-refractivity contribution >= 4 is 11.7 Å². The van der Waals surface area contributed by atoms with Crippen molar-refractivity contribution in [1.29, 1.82) is 0 Å². The Morgan fingerprint density at radius 1 is 1.30 bits per heavy atom. The third-order valence-corrected chi connectivity index (χ3v) is 5.69. The molecule has 1 saturated heterocycles. The fraction of sp³-hybridized carbons (Fsp3) is 0.450. The molecule has 7 heteroatoms. The van der Waals surface area contributed by atoms with Gasteiger partial charge in [-0.15, -0.1) is 0 Å². The molecule has 1 aromatic heterocycles. The lowest BCUT2D eigenvalue weighted by atomic mass is 9.57. The number of carbonyl (C=O) groups excluding carboxylic acids is 1. The smallest absolute Gasteiger partial charge is 0.319 e. The molecule has 1 aromatic carbocycles. The summed E-state index contributed by atoms with van der Waals surface area (Å²) in [5.74, 6) is 0.968. The Kier molecular flexibility index (Phi) is 4.26. The average molecular weight is 368 g/mol. The van der Waals surface area contributed by atoms with E-state index >= 15 is 0 Å². The molecule has 1 aliphatic heterocycles. The number of rotatable bonds is 3. The lowest BCUT2D eigenvalue weighted by Gasteiger charge is -2.54. The van der Waals surface area contributed by atoms with Gasteiger partial charge in [0.2, 0.25) is 0 Å². The highest BCUT2D eigenvalue weighted by molar-refractivity contribution is 5.90. The molecule has 0 spiro atoms. The number of hydrogen-bond donors (Lipinski definition) is 3. The first kappa shape index (κ1) is 17.7. The lowest BCUT2D eigenvalue weighted by molar-refractivity contribution is -0.107. The Hall–Kier alpha value is -2.67. The van der Waals surface area contributed by atoms with Crippen LogP contribution in [0.4, 0.5) is 10.5 Å². The van der Waals surface area contributed by atoms with E-state index in [9.17, 15) is 9.59 Å². The number of carbonyl (C=O) groups is 1. The maximum atomic E-state index is 12.4. The zero-order valence-corrected chi connectivity index (χ0v) is 15.7. The fourth-order valence-corrected chi connectivity index (χ4v) is 4.38. The Morgan fingerprint density at radius 3 is 2.74 bits per heavy atom. The van der Waals surface area contributed by atoms with E-state index in [4.69, 9.17) is 4.74 Å². The Bertz CT molecular complexity index is 920. The average Bonchev–Trinajstić information content (AvgIpc) is 3.07. The van der Waals surface area contributed by atoms with Gasteiger partial charge in [-0.05, 0) is 25.5 Å². The van der Waals surface area contributed by atoms with Crippen LogP contribution in [0.3, 0.4) is 0 Å². The number of aromatic nitrogens is 2. The molecule has 2 amide bonds. The van der Waals surface area contributed by atoms with Crippen molar-refractivity contribution in [1.82, 2.24) is 15.3 Å². The van der Waals surface area contributed by atoms with Gasteiger partial charge in [-0.2, -0.15) is 0 Å². The van der Waals surface area contributed by atoms with Gasteiger partial charge in [0.1, 0.15) is 5.82 Å². The second-order valence-electron chi connectivity index (χ2n) is 7.93. The maximum absolute atomic E-state index is 12.4. The zero-order chi connectivity index (χ0) is 19.2. The molecular formula is C20H24N4O3. The summed E-state index contributed by atoms with van der Waals surface area (Å²) in [5, 5.41) is 5.98. The molecule has 4 rings (SSSR count). The van der Waals surface area contributed by atoms with E-state index in [1.165, 1.54) is 6.07 Å². The SMILES string of the molecule is Cc1nc(-c2ccc(NC(=O)NC3C4CCOC4C3(C)C)cc2)cc(=O)[nH]1. The van der Waals surface area contributed by atoms with Crippen molar-refractivity contribution in [3.63, 3.8) is 0 Å². The zero-order valence-electron chi connectivity index (χ0n) is 15.7. The first-order valence-corrected chi connectivity index (χ1v) is 9.22. The summed E-state index contributed by atoms with van der Waals surface area (Å²) < 4.78 is 5.77. The van der Waals surface area contributed by atoms with Gasteiger partial charge >= 0.3 is 6.03 Å². The highest BCUT2D eigenvalue weighted by Crippen LogP contribution is 2.52. The molecule has 1 saturated carbocycles. The molecule has 3 unspecified atom stereocenters. The van der Waals surface area contributed by atoms with Gasteiger partial charge in [-0.3, -0.25) is 4.79 Å². The number of urea groups is 1. The molecule has 2 fully saturated rings. The van der Waals surface area contributed by atoms with E-state index in [1.54, 1.807) is 19.1 Å². The van der Waals surface area contributed by atoms with Gasteiger partial charge in [0.05, 0.1) is 11.8 Å². The van der Waals surface area contributed by atoms with E-state index in [1.807, 2.05) is 12.1 Å². The number of fused-ring (bicyclic) bond motifs is 1. The molecule has 7 nitrogen and oxygen atoms in total. The summed E-state index contributed by atoms with van der Waals surface area (Å²) in [6.07, 6.45) is 1.24. The predicted octanol–water partition coefficient (Wildman–Crippen LogP) is 2.68. The molecule has 1 aliphatic carbocycles. The van der Waals surface area contributed by atoms with Crippen LogP contribution in [0.5, 0.6) is 0 Å². The van der Waals surface area contributed by atoms with Gasteiger partial charge in [0, 0.05) is 41.3 Å². The molecule has 0 bridgehead atoms. The number of benzene rings is 1. The molecule has 2 aromatic rings. The van der Waals surface area contributed by atoms with Crippen LogP contribution in [0.15, 0.2) is 35.1 Å². The molecule has 0 radical (unpaired) electrons. The van der Waals surface area contributed by atoms with Gasteiger partial charge in [0.15, 0.2) is 0 Å². The van der Waals surface area contributed by atoms with Crippen molar-refractivity contribution in [2.75, 3.05) is 11.9 Å². The van der Waals surface area contributed by atoms with Crippen LogP contribution in [0.2, 0.25) is 0 Å². The number of aromatic amines is 1. The third-order valence-electron chi connectivity index (χ3n) is 5.69. The van der Waals surface area contributed by atoms with Crippen LogP contribution in [0.25, 0.3) is 11.3 Å². The number of nitrogens with zero attached hydrogens (tertiary/aromatic N) is 1. The highest BCUT2D eigenvalue weighted by atomic mass is 16.5. The predicted molar refractivity (Wildman–Crippen MR) is 103 cm³/mol. The molecule has 27 heavy (non-hydrogen) atoms. The van der Waals surface area contributed by atoms with E-state index in [-0.39, 0.29) is 29.2 Å². The molecule has 3 N–H and O–H groups in total. The van der Waals surface area contributed by atoms with Gasteiger partial charge < -0.3 is 20.4 Å². The van der Waals surface area contributed by atoms with Crippen molar-refractivity contribution in [2.24, 2.45) is 11.3 Å². The molecule has 3 atom stereocenters. The number of nitrogens with one attached hydrogen (secondary N) is 3. The number of hydrogen-bond acceptors (Lipinski definition) is 4. The first-order valence-electron chi connectivity index (χ1n) is 9.22. The normalized spacial score (nSPS) is 25.4. The van der Waals surface area contributed by atoms with Crippen LogP contribution in [-0.2, 0) is 4.74 Å². The molecule has 2 aliphatic rings. The van der Waals surface area contributed by atoms with E-state index in [2.05, 4.69) is 34.4 Å². The van der Waals surface area contributed by atoms with Gasteiger partial charge in [-0.1, -0.05) is 26.0 Å². The van der Waals surface area contributed by atoms with Crippen LogP contribution in [0.1, 0.15) is 26.1 Å². The van der Waals surface area contributed by atoms with Crippen molar-refractivity contribution in [3.05, 3.63) is 46.5 Å². The van der Waals surface area contributed by atoms with Crippen molar-refractivity contribution < 1.29 is 9.53 Å². The van der Waals surface area contributed by atoms with Gasteiger partial charge in [-0.25, -0.2) is 9.78 Å². The van der Waals surface area contributed by atoms with Gasteiger partial charge in [0.25, 0.3) is 5.56 Å². The highest BCUT2D eigenvalue weighted by Gasteiger charge is 2.59. The molecule has 2 heterocycles. The topological polar surface area (TPSA) is 96.1 Å². The number of anilines is 1. The standard InChI is InChI=1S/C20H24N4O3/c1-11-21-15(10-16(25)22-11)12-4-6-13(7-5-12)23-19(26)24-17-14-8-9-27-18(14)20(17,2)3/h4-7,10,14,17-18H,8-9H2,1-3H3,(H,21,22,25)(H2,23,24,26). The molecule has 142 valence electrons. The Labute approximate surface area is 157 Å². The van der Waals surface area contributed by atoms with Crippen LogP contribution in [-0.4, -0.2) is 34.8 Å². The quantitative estimate of drug-likeness (QED) is 0.776. The number of H-pyrrole nitrogens is 1. The first-order chi connectivity index (χ1) is 12.8. The minimum absolute atomic E-state index is 0.0493. The lowest BCUT2D eigenvalue weighted by Crippen LogP contribution is -2.67. The maximum Gasteiger partial charge on any atom is 0.319 e. The van der Waals surface area contributed by atoms with Crippen LogP contribution >= 0.6 is 0 Å².